The third-order valence-electron chi connectivity index (χ3n) is 5.52. The molecule has 1 heterocycles. The van der Waals surface area contributed by atoms with Gasteiger partial charge in [-0.3, -0.25) is 4.79 Å². The summed E-state index contributed by atoms with van der Waals surface area (Å²) in [6, 6.07) is 8.95. The molecule has 0 aliphatic rings. The summed E-state index contributed by atoms with van der Waals surface area (Å²) >= 11 is 0. The first-order valence-electron chi connectivity index (χ1n) is 11.6. The van der Waals surface area contributed by atoms with Crippen molar-refractivity contribution in [3.05, 3.63) is 59.5 Å². The number of aromatic nitrogens is 2. The number of sulfonamides is 1. The number of hydrogen-bond acceptors (Lipinski definition) is 6. The lowest BCUT2D eigenvalue weighted by Crippen LogP contribution is -2.32. The summed E-state index contributed by atoms with van der Waals surface area (Å²) in [6.07, 6.45) is 0.520. The molecule has 1 atom stereocenters. The molecule has 3 N–H and O–H groups in total. The number of nitrogens with one attached hydrogen (secondary N) is 2. The summed E-state index contributed by atoms with van der Waals surface area (Å²) in [5.74, 6) is -2.82. The number of nitrogens with zero attached hydrogens (tertiary/aromatic N) is 2. The van der Waals surface area contributed by atoms with Gasteiger partial charge in [0.15, 0.2) is 5.69 Å². The summed E-state index contributed by atoms with van der Waals surface area (Å²) in [6.45, 7) is 8.37. The first kappa shape index (κ1) is 27.8. The topological polar surface area (TPSA) is 140 Å². The van der Waals surface area contributed by atoms with E-state index in [1.807, 2.05) is 6.92 Å². The van der Waals surface area contributed by atoms with Crippen LogP contribution in [0.2, 0.25) is 0 Å². The summed E-state index contributed by atoms with van der Waals surface area (Å²) in [7, 11) is -4.14. The zero-order valence-electron chi connectivity index (χ0n) is 21.1. The van der Waals surface area contributed by atoms with Gasteiger partial charge < -0.3 is 15.2 Å². The molecule has 37 heavy (non-hydrogen) atoms. The van der Waals surface area contributed by atoms with Crippen LogP contribution in [0.1, 0.15) is 50.2 Å². The quantitative estimate of drug-likeness (QED) is 0.350. The second kappa shape index (κ2) is 11.1. The van der Waals surface area contributed by atoms with Gasteiger partial charge in [-0.15, -0.1) is 0 Å². The lowest BCUT2D eigenvalue weighted by molar-refractivity contribution is -0.118. The van der Waals surface area contributed by atoms with Gasteiger partial charge in [-0.25, -0.2) is 22.3 Å². The van der Waals surface area contributed by atoms with Crippen LogP contribution in [0, 0.1) is 18.7 Å². The van der Waals surface area contributed by atoms with Gasteiger partial charge >= 0.3 is 5.97 Å². The number of carbonyl (C=O) groups is 2. The van der Waals surface area contributed by atoms with Crippen LogP contribution < -0.4 is 14.8 Å². The summed E-state index contributed by atoms with van der Waals surface area (Å²) in [5.41, 5.74) is 0.167. The van der Waals surface area contributed by atoms with Gasteiger partial charge in [0.1, 0.15) is 16.5 Å². The van der Waals surface area contributed by atoms with Gasteiger partial charge in [-0.1, -0.05) is 26.8 Å². The van der Waals surface area contributed by atoms with Crippen molar-refractivity contribution in [2.24, 2.45) is 5.92 Å². The van der Waals surface area contributed by atoms with E-state index in [9.17, 15) is 27.5 Å². The average molecular weight is 533 g/mol. The molecular formula is C25H29FN4O6S. The second-order valence-electron chi connectivity index (χ2n) is 8.81. The molecule has 1 amide bonds. The maximum absolute atomic E-state index is 13.9. The van der Waals surface area contributed by atoms with E-state index in [0.717, 1.165) is 10.7 Å². The Morgan fingerprint density at radius 2 is 1.86 bits per heavy atom. The highest BCUT2D eigenvalue weighted by Gasteiger charge is 2.27. The molecule has 1 aromatic heterocycles. The van der Waals surface area contributed by atoms with Crippen LogP contribution >= 0.6 is 0 Å². The minimum Gasteiger partial charge on any atom is -0.476 e. The molecule has 3 aromatic rings. The van der Waals surface area contributed by atoms with E-state index >= 15 is 0 Å². The average Bonchev–Trinajstić information content (AvgIpc) is 3.15. The number of carbonyl (C=O) groups excluding carboxylic acids is 1. The van der Waals surface area contributed by atoms with Crippen LogP contribution in [0.4, 0.5) is 10.1 Å². The largest absolute Gasteiger partial charge is 0.476 e. The third kappa shape index (κ3) is 6.33. The first-order chi connectivity index (χ1) is 17.3. The van der Waals surface area contributed by atoms with Gasteiger partial charge in [0.2, 0.25) is 21.8 Å². The van der Waals surface area contributed by atoms with Gasteiger partial charge in [0, 0.05) is 23.2 Å². The Bertz CT molecular complexity index is 1430. The fourth-order valence-electron chi connectivity index (χ4n) is 3.27. The molecule has 0 saturated carbocycles. The molecule has 3 rings (SSSR count). The molecule has 0 spiro atoms. The van der Waals surface area contributed by atoms with Crippen molar-refractivity contribution >= 4 is 27.6 Å². The van der Waals surface area contributed by atoms with Crippen LogP contribution in [-0.4, -0.2) is 41.2 Å². The Morgan fingerprint density at radius 1 is 1.16 bits per heavy atom. The van der Waals surface area contributed by atoms with Gasteiger partial charge in [-0.05, 0) is 56.7 Å². The summed E-state index contributed by atoms with van der Waals surface area (Å²) in [5, 5.41) is 16.3. The smallest absolute Gasteiger partial charge is 0.356 e. The highest BCUT2D eigenvalue weighted by molar-refractivity contribution is 7.89. The molecule has 1 unspecified atom stereocenters. The number of rotatable bonds is 10. The highest BCUT2D eigenvalue weighted by Crippen LogP contribution is 2.35. The third-order valence-corrected chi connectivity index (χ3v) is 7.13. The maximum atomic E-state index is 13.9. The van der Waals surface area contributed by atoms with Crippen molar-refractivity contribution < 1.29 is 32.2 Å². The number of halogens is 1. The number of benzene rings is 2. The molecule has 12 heteroatoms. The molecule has 0 bridgehead atoms. The summed E-state index contributed by atoms with van der Waals surface area (Å²) < 4.78 is 50.2. The van der Waals surface area contributed by atoms with Crippen molar-refractivity contribution in [2.75, 3.05) is 5.32 Å². The number of amides is 1. The van der Waals surface area contributed by atoms with Crippen molar-refractivity contribution in [1.29, 1.82) is 0 Å². The van der Waals surface area contributed by atoms with Gasteiger partial charge in [0.05, 0.1) is 5.69 Å². The van der Waals surface area contributed by atoms with Crippen LogP contribution in [-0.2, 0) is 14.8 Å². The molecule has 0 aliphatic heterocycles. The molecule has 0 saturated heterocycles. The molecule has 0 aliphatic carbocycles. The Kier molecular flexibility index (Phi) is 8.34. The lowest BCUT2D eigenvalue weighted by Gasteiger charge is -2.18. The number of hydrogen-bond donors (Lipinski definition) is 3. The molecule has 0 radical (unpaired) electrons. The molecule has 10 nitrogen and oxygen atoms in total. The minimum atomic E-state index is -4.14. The van der Waals surface area contributed by atoms with Crippen LogP contribution in [0.25, 0.3) is 5.69 Å². The van der Waals surface area contributed by atoms with E-state index in [-0.39, 0.29) is 51.0 Å². The van der Waals surface area contributed by atoms with Crippen molar-refractivity contribution in [2.45, 2.75) is 52.0 Å². The molecular weight excluding hydrogens is 503 g/mol. The predicted octanol–water partition coefficient (Wildman–Crippen LogP) is 4.48. The zero-order chi connectivity index (χ0) is 27.5. The second-order valence-corrected chi connectivity index (χ2v) is 10.5. The minimum absolute atomic E-state index is 0.104. The maximum Gasteiger partial charge on any atom is 0.356 e. The fourth-order valence-corrected chi connectivity index (χ4v) is 4.75. The van der Waals surface area contributed by atoms with E-state index in [2.05, 4.69) is 15.1 Å². The standard InChI is InChI=1S/C25H29FN4O6S/c1-6-15(4)29-37(34,35)21-13-18(27-23(31)14(2)3)10-11-20(21)36-24-16(5)22(25(32)33)28-30(24)19-9-7-8-17(26)12-19/h7-15,29H,6H2,1-5H3,(H,27,31)(H,32,33). The van der Waals surface area contributed by atoms with Gasteiger partial charge in [-0.2, -0.15) is 9.78 Å². The van der Waals surface area contributed by atoms with Crippen molar-refractivity contribution in [1.82, 2.24) is 14.5 Å². The summed E-state index contributed by atoms with van der Waals surface area (Å²) in [4.78, 5) is 23.7. The SMILES string of the molecule is CCC(C)NS(=O)(=O)c1cc(NC(=O)C(C)C)ccc1Oc1c(C)c(C(=O)O)nn1-c1cccc(F)c1. The van der Waals surface area contributed by atoms with E-state index in [0.29, 0.717) is 6.42 Å². The van der Waals surface area contributed by atoms with Gasteiger partial charge in [0.25, 0.3) is 0 Å². The lowest BCUT2D eigenvalue weighted by atomic mass is 10.2. The van der Waals surface area contributed by atoms with E-state index < -0.39 is 27.9 Å². The van der Waals surface area contributed by atoms with E-state index in [4.69, 9.17) is 4.74 Å². The zero-order valence-corrected chi connectivity index (χ0v) is 21.9. The normalized spacial score (nSPS) is 12.4. The highest BCUT2D eigenvalue weighted by atomic mass is 32.2. The Labute approximate surface area is 214 Å². The Morgan fingerprint density at radius 3 is 2.46 bits per heavy atom. The van der Waals surface area contributed by atoms with E-state index in [1.54, 1.807) is 20.8 Å². The van der Waals surface area contributed by atoms with Crippen molar-refractivity contribution in [3.8, 4) is 17.3 Å². The van der Waals surface area contributed by atoms with Crippen LogP contribution in [0.5, 0.6) is 11.6 Å². The van der Waals surface area contributed by atoms with E-state index in [1.165, 1.54) is 43.3 Å². The molecule has 0 fully saturated rings. The van der Waals surface area contributed by atoms with Crippen LogP contribution in [0.3, 0.4) is 0 Å². The Hall–Kier alpha value is -3.77. The number of carboxylic acids is 1. The Balaban J connectivity index is 2.18. The fraction of sp³-hybridized carbons (Fsp3) is 0.320. The number of aromatic carboxylic acids is 1. The predicted molar refractivity (Wildman–Crippen MR) is 135 cm³/mol. The number of anilines is 1. The molecule has 198 valence electrons. The monoisotopic (exact) mass is 532 g/mol. The molecule has 2 aromatic carbocycles. The van der Waals surface area contributed by atoms with Crippen molar-refractivity contribution in [3.63, 3.8) is 0 Å². The number of ether oxygens (including phenoxy) is 1. The van der Waals surface area contributed by atoms with Crippen LogP contribution in [0.15, 0.2) is 47.4 Å². The first-order valence-corrected chi connectivity index (χ1v) is 13.1. The number of carboxylic acid groups (broad SMARTS) is 1.